The van der Waals surface area contributed by atoms with Crippen LogP contribution in [0, 0.1) is 13.8 Å². The first kappa shape index (κ1) is 18.8. The summed E-state index contributed by atoms with van der Waals surface area (Å²) in [6.45, 7) is 4.70. The zero-order valence-electron chi connectivity index (χ0n) is 15.6. The molecule has 0 saturated heterocycles. The Morgan fingerprint density at radius 2 is 1.96 bits per heavy atom. The quantitative estimate of drug-likeness (QED) is 0.737. The second-order valence-electron chi connectivity index (χ2n) is 6.62. The topological polar surface area (TPSA) is 76.7 Å². The van der Waals surface area contributed by atoms with Crippen LogP contribution in [-0.4, -0.2) is 31.6 Å². The van der Waals surface area contributed by atoms with Crippen LogP contribution in [0.15, 0.2) is 36.4 Å². The van der Waals surface area contributed by atoms with Crippen molar-refractivity contribution in [1.29, 1.82) is 0 Å². The summed E-state index contributed by atoms with van der Waals surface area (Å²) in [5.74, 6) is 1.30. The fourth-order valence-corrected chi connectivity index (χ4v) is 2.96. The number of amides is 2. The summed E-state index contributed by atoms with van der Waals surface area (Å²) in [6, 6.07) is 11.4. The molecule has 6 nitrogen and oxygen atoms in total. The van der Waals surface area contributed by atoms with Crippen LogP contribution < -0.4 is 20.1 Å². The van der Waals surface area contributed by atoms with E-state index in [1.54, 1.807) is 0 Å². The van der Waals surface area contributed by atoms with E-state index in [0.29, 0.717) is 31.7 Å². The van der Waals surface area contributed by atoms with Crippen molar-refractivity contribution in [2.24, 2.45) is 0 Å². The molecule has 0 unspecified atom stereocenters. The van der Waals surface area contributed by atoms with Crippen molar-refractivity contribution in [3.8, 4) is 11.5 Å². The Kier molecular flexibility index (Phi) is 5.96. The van der Waals surface area contributed by atoms with Gasteiger partial charge in [0.15, 0.2) is 6.61 Å². The molecule has 6 heteroatoms. The molecule has 2 aromatic rings. The maximum atomic E-state index is 11.9. The lowest BCUT2D eigenvalue weighted by Gasteiger charge is -2.17. The van der Waals surface area contributed by atoms with E-state index in [1.165, 1.54) is 0 Å². The minimum absolute atomic E-state index is 0.0254. The molecular weight excluding hydrogens is 344 g/mol. The summed E-state index contributed by atoms with van der Waals surface area (Å²) in [4.78, 5) is 23.3. The fourth-order valence-electron chi connectivity index (χ4n) is 2.96. The first-order valence-electron chi connectivity index (χ1n) is 9.03. The molecule has 0 saturated carbocycles. The third-order valence-electron chi connectivity index (χ3n) is 4.35. The first-order chi connectivity index (χ1) is 13.0. The normalized spacial score (nSPS) is 12.7. The summed E-state index contributed by atoms with van der Waals surface area (Å²) in [7, 11) is 0. The van der Waals surface area contributed by atoms with Gasteiger partial charge in [-0.2, -0.15) is 0 Å². The minimum atomic E-state index is -0.188. The van der Waals surface area contributed by atoms with Crippen molar-refractivity contribution in [2.75, 3.05) is 25.1 Å². The van der Waals surface area contributed by atoms with E-state index in [9.17, 15) is 9.59 Å². The number of nitrogens with one attached hydrogen (secondary N) is 2. The highest BCUT2D eigenvalue weighted by atomic mass is 16.5. The number of carbonyl (C=O) groups is 2. The third-order valence-corrected chi connectivity index (χ3v) is 4.35. The molecule has 1 aliphatic rings. The highest BCUT2D eigenvalue weighted by Gasteiger charge is 2.15. The van der Waals surface area contributed by atoms with Crippen LogP contribution in [-0.2, 0) is 16.0 Å². The van der Waals surface area contributed by atoms with Gasteiger partial charge in [0.05, 0.1) is 6.54 Å². The van der Waals surface area contributed by atoms with E-state index in [0.717, 1.165) is 28.1 Å². The molecule has 0 atom stereocenters. The second kappa shape index (κ2) is 8.58. The standard InChI is InChI=1S/C21H24N2O4/c1-14-3-7-19(15(2)11-14)27-13-21(25)22-9-10-26-17-5-6-18-16(12-17)4-8-20(24)23-18/h3,5-7,11-12H,4,8-10,13H2,1-2H3,(H,22,25)(H,23,24). The molecule has 0 radical (unpaired) electrons. The zero-order valence-corrected chi connectivity index (χ0v) is 15.6. The monoisotopic (exact) mass is 368 g/mol. The number of carbonyl (C=O) groups excluding carboxylic acids is 2. The van der Waals surface area contributed by atoms with E-state index in [2.05, 4.69) is 10.6 Å². The molecule has 142 valence electrons. The van der Waals surface area contributed by atoms with E-state index in [-0.39, 0.29) is 18.4 Å². The maximum Gasteiger partial charge on any atom is 0.258 e. The molecule has 0 spiro atoms. The van der Waals surface area contributed by atoms with Crippen LogP contribution in [0.4, 0.5) is 5.69 Å². The predicted octanol–water partition coefficient (Wildman–Crippen LogP) is 2.76. The van der Waals surface area contributed by atoms with Gasteiger partial charge in [-0.05, 0) is 55.7 Å². The van der Waals surface area contributed by atoms with Crippen molar-refractivity contribution in [1.82, 2.24) is 5.32 Å². The number of ether oxygens (including phenoxy) is 2. The number of anilines is 1. The fraction of sp³-hybridized carbons (Fsp3) is 0.333. The number of benzene rings is 2. The number of hydrogen-bond acceptors (Lipinski definition) is 4. The summed E-state index contributed by atoms with van der Waals surface area (Å²) in [6.07, 6.45) is 1.21. The Morgan fingerprint density at radius 3 is 2.78 bits per heavy atom. The van der Waals surface area contributed by atoms with Gasteiger partial charge in [0.25, 0.3) is 5.91 Å². The molecule has 0 aliphatic carbocycles. The second-order valence-corrected chi connectivity index (χ2v) is 6.62. The molecule has 2 aromatic carbocycles. The molecular formula is C21H24N2O4. The number of rotatable bonds is 7. The molecule has 2 N–H and O–H groups in total. The van der Waals surface area contributed by atoms with Crippen LogP contribution in [0.5, 0.6) is 11.5 Å². The Morgan fingerprint density at radius 1 is 1.11 bits per heavy atom. The van der Waals surface area contributed by atoms with Gasteiger partial charge in [0.2, 0.25) is 5.91 Å². The minimum Gasteiger partial charge on any atom is -0.492 e. The van der Waals surface area contributed by atoms with Gasteiger partial charge in [-0.3, -0.25) is 9.59 Å². The van der Waals surface area contributed by atoms with Gasteiger partial charge in [-0.15, -0.1) is 0 Å². The third kappa shape index (κ3) is 5.23. The van der Waals surface area contributed by atoms with Crippen LogP contribution >= 0.6 is 0 Å². The van der Waals surface area contributed by atoms with Crippen LogP contribution in [0.2, 0.25) is 0 Å². The van der Waals surface area contributed by atoms with Crippen LogP contribution in [0.3, 0.4) is 0 Å². The maximum absolute atomic E-state index is 11.9. The van der Waals surface area contributed by atoms with Crippen molar-refractivity contribution in [3.05, 3.63) is 53.1 Å². The number of fused-ring (bicyclic) bond motifs is 1. The average Bonchev–Trinajstić information content (AvgIpc) is 2.64. The Hall–Kier alpha value is -3.02. The van der Waals surface area contributed by atoms with Crippen molar-refractivity contribution < 1.29 is 19.1 Å². The van der Waals surface area contributed by atoms with E-state index >= 15 is 0 Å². The molecule has 0 fully saturated rings. The van der Waals surface area contributed by atoms with E-state index in [1.807, 2.05) is 50.2 Å². The molecule has 1 aliphatic heterocycles. The molecule has 2 amide bonds. The van der Waals surface area contributed by atoms with Crippen LogP contribution in [0.1, 0.15) is 23.1 Å². The molecule has 0 aromatic heterocycles. The Balaban J connectivity index is 1.38. The SMILES string of the molecule is Cc1ccc(OCC(=O)NCCOc2ccc3c(c2)CCC(=O)N3)c(C)c1. The summed E-state index contributed by atoms with van der Waals surface area (Å²) < 4.78 is 11.2. The molecule has 1 heterocycles. The zero-order chi connectivity index (χ0) is 19.2. The summed E-state index contributed by atoms with van der Waals surface area (Å²) in [5, 5.41) is 5.61. The van der Waals surface area contributed by atoms with Gasteiger partial charge < -0.3 is 20.1 Å². The van der Waals surface area contributed by atoms with Gasteiger partial charge in [-0.1, -0.05) is 17.7 Å². The lowest BCUT2D eigenvalue weighted by atomic mass is 10.0. The van der Waals surface area contributed by atoms with Gasteiger partial charge in [-0.25, -0.2) is 0 Å². The Labute approximate surface area is 158 Å². The summed E-state index contributed by atoms with van der Waals surface area (Å²) >= 11 is 0. The highest BCUT2D eigenvalue weighted by molar-refractivity contribution is 5.94. The van der Waals surface area contributed by atoms with Crippen molar-refractivity contribution in [3.63, 3.8) is 0 Å². The number of hydrogen-bond donors (Lipinski definition) is 2. The smallest absolute Gasteiger partial charge is 0.258 e. The summed E-state index contributed by atoms with van der Waals surface area (Å²) in [5.41, 5.74) is 4.08. The van der Waals surface area contributed by atoms with E-state index in [4.69, 9.17) is 9.47 Å². The first-order valence-corrected chi connectivity index (χ1v) is 9.03. The lowest BCUT2D eigenvalue weighted by molar-refractivity contribution is -0.123. The largest absolute Gasteiger partial charge is 0.492 e. The molecule has 0 bridgehead atoms. The molecule has 27 heavy (non-hydrogen) atoms. The van der Waals surface area contributed by atoms with E-state index < -0.39 is 0 Å². The van der Waals surface area contributed by atoms with Gasteiger partial charge in [0, 0.05) is 12.1 Å². The van der Waals surface area contributed by atoms with Crippen LogP contribution in [0.25, 0.3) is 0 Å². The van der Waals surface area contributed by atoms with Crippen molar-refractivity contribution in [2.45, 2.75) is 26.7 Å². The predicted molar refractivity (Wildman–Crippen MR) is 103 cm³/mol. The Bertz CT molecular complexity index is 848. The number of aryl methyl sites for hydroxylation is 3. The average molecular weight is 368 g/mol. The lowest BCUT2D eigenvalue weighted by Crippen LogP contribution is -2.32. The van der Waals surface area contributed by atoms with Crippen molar-refractivity contribution >= 4 is 17.5 Å². The molecule has 3 rings (SSSR count). The highest BCUT2D eigenvalue weighted by Crippen LogP contribution is 2.26. The van der Waals surface area contributed by atoms with Gasteiger partial charge >= 0.3 is 0 Å². The van der Waals surface area contributed by atoms with Gasteiger partial charge in [0.1, 0.15) is 18.1 Å².